The van der Waals surface area contributed by atoms with Crippen molar-refractivity contribution in [2.45, 2.75) is 19.3 Å². The smallest absolute Gasteiger partial charge is 0.416 e. The van der Waals surface area contributed by atoms with E-state index in [0.717, 1.165) is 31.4 Å². The summed E-state index contributed by atoms with van der Waals surface area (Å²) < 4.78 is 48.8. The number of nitro benzene ring substituents is 1. The molecular weight excluding hydrogens is 561 g/mol. The number of halogens is 4. The molecule has 0 fully saturated rings. The maximum atomic E-state index is 13.1. The molecule has 0 aliphatic heterocycles. The number of carbonyl (C=O) groups is 2. The molecule has 0 amide bonds. The van der Waals surface area contributed by atoms with Gasteiger partial charge in [-0.2, -0.15) is 13.2 Å². The van der Waals surface area contributed by atoms with Gasteiger partial charge in [-0.05, 0) is 24.3 Å². The number of carbonyl (C=O) groups excluding carboxylic acids is 1. The van der Waals surface area contributed by atoms with E-state index < -0.39 is 75.2 Å². The lowest BCUT2D eigenvalue weighted by Gasteiger charge is -2.14. The average Bonchev–Trinajstić information content (AvgIpc) is 2.84. The lowest BCUT2D eigenvalue weighted by Crippen LogP contribution is -2.55. The van der Waals surface area contributed by atoms with E-state index in [2.05, 4.69) is 4.74 Å². The lowest BCUT2D eigenvalue weighted by molar-refractivity contribution is -0.384. The maximum absolute atomic E-state index is 13.1. The van der Waals surface area contributed by atoms with Gasteiger partial charge in [-0.15, -0.1) is 0 Å². The molecule has 1 heterocycles. The Morgan fingerprint density at radius 3 is 2.15 bits per heavy atom. The molecule has 1 aromatic heterocycles. The Morgan fingerprint density at radius 2 is 1.64 bits per heavy atom. The van der Waals surface area contributed by atoms with Crippen molar-refractivity contribution in [2.75, 3.05) is 7.11 Å². The van der Waals surface area contributed by atoms with E-state index in [9.17, 15) is 47.3 Å². The number of nitrogens with zero attached hydrogens (tertiary/aromatic N) is 4. The molecule has 0 saturated heterocycles. The highest BCUT2D eigenvalue weighted by molar-refractivity contribution is 6.32. The van der Waals surface area contributed by atoms with E-state index in [0.29, 0.717) is 12.1 Å². The Kier molecular flexibility index (Phi) is 7.94. The number of benzene rings is 2. The molecule has 0 aliphatic rings. The van der Waals surface area contributed by atoms with Gasteiger partial charge in [-0.3, -0.25) is 19.7 Å². The lowest BCUT2D eigenvalue weighted by atomic mass is 10.2. The summed E-state index contributed by atoms with van der Waals surface area (Å²) in [6.07, 6.45) is -4.72. The maximum Gasteiger partial charge on any atom is 0.416 e. The van der Waals surface area contributed by atoms with Crippen molar-refractivity contribution in [1.29, 1.82) is 0 Å². The van der Waals surface area contributed by atoms with Crippen LogP contribution in [0.15, 0.2) is 50.8 Å². The highest BCUT2D eigenvalue weighted by Gasteiger charge is 2.31. The molecule has 3 aromatic rings. The van der Waals surface area contributed by atoms with Gasteiger partial charge in [0, 0.05) is 12.1 Å². The molecule has 18 heteroatoms. The van der Waals surface area contributed by atoms with Crippen LogP contribution < -0.4 is 21.8 Å². The number of aliphatic carboxylic acids is 1. The van der Waals surface area contributed by atoms with Crippen LogP contribution in [0.2, 0.25) is 5.02 Å². The van der Waals surface area contributed by atoms with Crippen LogP contribution >= 0.6 is 11.6 Å². The number of esters is 1. The fourth-order valence-electron chi connectivity index (χ4n) is 3.23. The molecule has 14 nitrogen and oxygen atoms in total. The van der Waals surface area contributed by atoms with E-state index in [1.807, 2.05) is 0 Å². The fourth-order valence-corrected chi connectivity index (χ4v) is 3.44. The fraction of sp³-hybridized carbons (Fsp3) is 0.190. The van der Waals surface area contributed by atoms with Gasteiger partial charge in [0.15, 0.2) is 0 Å². The number of rotatable bonds is 8. The SMILES string of the molecule is COC(=O)Cn1c(=O)n(CC(=O)O)c(=O)n(-c2cc(Oc3ccc(C(F)(F)F)cc3Cl)ccc2[N+](=O)[O-])c1=O. The van der Waals surface area contributed by atoms with Crippen molar-refractivity contribution < 1.29 is 42.3 Å². The molecular formula is C21H14ClF3N4O10. The number of hydrogen-bond donors (Lipinski definition) is 1. The van der Waals surface area contributed by atoms with Crippen LogP contribution in [0.3, 0.4) is 0 Å². The molecule has 206 valence electrons. The standard InChI is InChI=1S/C21H14ClF3N4O10/c1-38-17(32)9-27-18(33)26(8-16(30)31)19(34)28(20(27)35)14-7-11(3-4-13(14)29(36)37)39-15-5-2-10(6-12(15)22)21(23,24)25/h2-7H,8-9H2,1H3,(H,30,31). The molecule has 1 N–H and O–H groups in total. The largest absolute Gasteiger partial charge is 0.480 e. The Hall–Kier alpha value is -4.93. The summed E-state index contributed by atoms with van der Waals surface area (Å²) in [7, 11) is 0.914. The summed E-state index contributed by atoms with van der Waals surface area (Å²) >= 11 is 5.86. The van der Waals surface area contributed by atoms with Gasteiger partial charge in [-0.1, -0.05) is 11.6 Å². The predicted molar refractivity (Wildman–Crippen MR) is 123 cm³/mol. The summed E-state index contributed by atoms with van der Waals surface area (Å²) in [5, 5.41) is 20.3. The van der Waals surface area contributed by atoms with Gasteiger partial charge in [0.1, 0.15) is 30.3 Å². The first-order valence-electron chi connectivity index (χ1n) is 10.2. The van der Waals surface area contributed by atoms with Crippen molar-refractivity contribution in [2.24, 2.45) is 0 Å². The molecule has 3 rings (SSSR count). The molecule has 0 spiro atoms. The number of aromatic nitrogens is 3. The van der Waals surface area contributed by atoms with Crippen molar-refractivity contribution in [3.8, 4) is 17.2 Å². The number of alkyl halides is 3. The van der Waals surface area contributed by atoms with Gasteiger partial charge in [0.25, 0.3) is 5.69 Å². The van der Waals surface area contributed by atoms with Crippen LogP contribution in [-0.2, 0) is 33.6 Å². The van der Waals surface area contributed by atoms with Gasteiger partial charge >= 0.3 is 35.2 Å². The van der Waals surface area contributed by atoms with E-state index >= 15 is 0 Å². The second-order valence-electron chi connectivity index (χ2n) is 7.48. The highest BCUT2D eigenvalue weighted by Crippen LogP contribution is 2.37. The number of carboxylic acid groups (broad SMARTS) is 1. The van der Waals surface area contributed by atoms with E-state index in [1.54, 1.807) is 0 Å². The zero-order valence-electron chi connectivity index (χ0n) is 19.3. The molecule has 0 bridgehead atoms. The van der Waals surface area contributed by atoms with Crippen molar-refractivity contribution in [3.05, 3.63) is 88.6 Å². The van der Waals surface area contributed by atoms with Crippen LogP contribution in [0, 0.1) is 10.1 Å². The van der Waals surface area contributed by atoms with Crippen molar-refractivity contribution in [1.82, 2.24) is 13.7 Å². The number of carboxylic acids is 1. The summed E-state index contributed by atoms with van der Waals surface area (Å²) in [6, 6.07) is 4.56. The van der Waals surface area contributed by atoms with E-state index in [1.165, 1.54) is 0 Å². The van der Waals surface area contributed by atoms with Gasteiger partial charge in [0.2, 0.25) is 0 Å². The second kappa shape index (κ2) is 10.8. The van der Waals surface area contributed by atoms with E-state index in [4.69, 9.17) is 21.4 Å². The molecule has 0 saturated carbocycles. The van der Waals surface area contributed by atoms with Gasteiger partial charge < -0.3 is 14.6 Å². The summed E-state index contributed by atoms with van der Waals surface area (Å²) in [5.74, 6) is -3.55. The minimum atomic E-state index is -4.72. The van der Waals surface area contributed by atoms with Crippen molar-refractivity contribution in [3.63, 3.8) is 0 Å². The molecule has 2 aromatic carbocycles. The predicted octanol–water partition coefficient (Wildman–Crippen LogP) is 1.79. The highest BCUT2D eigenvalue weighted by atomic mass is 35.5. The Balaban J connectivity index is 2.28. The average molecular weight is 575 g/mol. The number of hydrogen-bond acceptors (Lipinski definition) is 9. The summed E-state index contributed by atoms with van der Waals surface area (Å²) in [5.41, 5.74) is -7.51. The molecule has 39 heavy (non-hydrogen) atoms. The summed E-state index contributed by atoms with van der Waals surface area (Å²) in [6.45, 7) is -2.37. The Bertz CT molecular complexity index is 1680. The Morgan fingerprint density at radius 1 is 1.03 bits per heavy atom. The molecule has 0 aliphatic carbocycles. The molecule has 0 atom stereocenters. The third kappa shape index (κ3) is 5.98. The van der Waals surface area contributed by atoms with Crippen LogP contribution in [0.25, 0.3) is 5.69 Å². The van der Waals surface area contributed by atoms with Crippen LogP contribution in [0.5, 0.6) is 11.5 Å². The van der Waals surface area contributed by atoms with Crippen LogP contribution in [0.1, 0.15) is 5.56 Å². The van der Waals surface area contributed by atoms with E-state index in [-0.39, 0.29) is 25.2 Å². The first-order chi connectivity index (χ1) is 18.1. The number of nitro groups is 1. The monoisotopic (exact) mass is 574 g/mol. The van der Waals surface area contributed by atoms with Crippen LogP contribution in [0.4, 0.5) is 18.9 Å². The third-order valence-electron chi connectivity index (χ3n) is 4.99. The van der Waals surface area contributed by atoms with Crippen molar-refractivity contribution >= 4 is 29.2 Å². The third-order valence-corrected chi connectivity index (χ3v) is 5.28. The minimum Gasteiger partial charge on any atom is -0.480 e. The number of methoxy groups -OCH3 is 1. The second-order valence-corrected chi connectivity index (χ2v) is 7.89. The quantitative estimate of drug-likeness (QED) is 0.236. The minimum absolute atomic E-state index is 0.0384. The first-order valence-corrected chi connectivity index (χ1v) is 10.6. The molecule has 0 radical (unpaired) electrons. The van der Waals surface area contributed by atoms with Crippen LogP contribution in [-0.4, -0.2) is 42.8 Å². The zero-order chi connectivity index (χ0) is 29.2. The Labute approximate surface area is 217 Å². The molecule has 0 unspecified atom stereocenters. The number of ether oxygens (including phenoxy) is 2. The van der Waals surface area contributed by atoms with Gasteiger partial charge in [0.05, 0.1) is 22.6 Å². The zero-order valence-corrected chi connectivity index (χ0v) is 20.1. The first kappa shape index (κ1) is 28.6. The summed E-state index contributed by atoms with van der Waals surface area (Å²) in [4.78, 5) is 72.4. The van der Waals surface area contributed by atoms with Gasteiger partial charge in [-0.25, -0.2) is 28.1 Å². The normalized spacial score (nSPS) is 11.2. The topological polar surface area (TPSA) is 182 Å².